The molecule has 0 atom stereocenters. The van der Waals surface area contributed by atoms with E-state index in [9.17, 15) is 4.79 Å². The van der Waals surface area contributed by atoms with Crippen molar-refractivity contribution in [2.45, 2.75) is 12.8 Å². The van der Waals surface area contributed by atoms with Gasteiger partial charge in [-0.3, -0.25) is 9.79 Å². The van der Waals surface area contributed by atoms with E-state index >= 15 is 0 Å². The third-order valence-corrected chi connectivity index (χ3v) is 4.11. The van der Waals surface area contributed by atoms with Crippen LogP contribution in [-0.2, 0) is 11.2 Å². The molecule has 0 fully saturated rings. The van der Waals surface area contributed by atoms with Crippen molar-refractivity contribution in [1.29, 1.82) is 0 Å². The molecule has 2 aromatic rings. The van der Waals surface area contributed by atoms with Crippen molar-refractivity contribution < 1.29 is 9.32 Å². The predicted molar refractivity (Wildman–Crippen MR) is 86.0 cm³/mol. The summed E-state index contributed by atoms with van der Waals surface area (Å²) in [6, 6.07) is 7.17. The van der Waals surface area contributed by atoms with Gasteiger partial charge in [-0.25, -0.2) is 0 Å². The number of rotatable bonds is 4. The molecule has 0 radical (unpaired) electrons. The first kappa shape index (κ1) is 15.1. The van der Waals surface area contributed by atoms with E-state index in [1.165, 1.54) is 0 Å². The third kappa shape index (κ3) is 3.86. The average molecular weight is 337 g/mol. The van der Waals surface area contributed by atoms with Gasteiger partial charge in [0, 0.05) is 29.2 Å². The van der Waals surface area contributed by atoms with Crippen LogP contribution >= 0.6 is 23.4 Å². The molecule has 1 N–H and O–H groups in total. The summed E-state index contributed by atoms with van der Waals surface area (Å²) in [5.74, 6) is 1.74. The Balaban J connectivity index is 1.55. The van der Waals surface area contributed by atoms with Crippen molar-refractivity contribution in [3.8, 4) is 11.4 Å². The normalized spacial score (nSPS) is 14.0. The van der Waals surface area contributed by atoms with Crippen LogP contribution in [-0.4, -0.2) is 33.5 Å². The predicted octanol–water partition coefficient (Wildman–Crippen LogP) is 2.54. The fourth-order valence-corrected chi connectivity index (χ4v) is 2.76. The zero-order valence-electron chi connectivity index (χ0n) is 11.6. The van der Waals surface area contributed by atoms with Crippen LogP contribution in [0.5, 0.6) is 0 Å². The number of aliphatic imine (C=N–C) groups is 1. The number of aryl methyl sites for hydroxylation is 1. The van der Waals surface area contributed by atoms with Crippen LogP contribution in [0, 0.1) is 0 Å². The second kappa shape index (κ2) is 6.93. The van der Waals surface area contributed by atoms with Gasteiger partial charge < -0.3 is 9.84 Å². The molecule has 0 bridgehead atoms. The van der Waals surface area contributed by atoms with Gasteiger partial charge in [0.2, 0.25) is 17.6 Å². The molecule has 1 amide bonds. The Morgan fingerprint density at radius 1 is 1.36 bits per heavy atom. The second-order valence-corrected chi connectivity index (χ2v) is 6.12. The first-order chi connectivity index (χ1) is 10.7. The molecule has 0 aliphatic carbocycles. The first-order valence-electron chi connectivity index (χ1n) is 6.76. The number of halogens is 1. The number of amidine groups is 1. The van der Waals surface area contributed by atoms with Gasteiger partial charge in [0.15, 0.2) is 5.17 Å². The maximum absolute atomic E-state index is 11.8. The van der Waals surface area contributed by atoms with Gasteiger partial charge in [0.25, 0.3) is 0 Å². The first-order valence-corrected chi connectivity index (χ1v) is 8.13. The quantitative estimate of drug-likeness (QED) is 0.928. The molecule has 2 heterocycles. The Kier molecular flexibility index (Phi) is 4.74. The number of carbonyl (C=O) groups excluding carboxylic acids is 1. The second-order valence-electron chi connectivity index (χ2n) is 4.60. The molecule has 0 saturated heterocycles. The summed E-state index contributed by atoms with van der Waals surface area (Å²) in [6.07, 6.45) is 0.673. The summed E-state index contributed by atoms with van der Waals surface area (Å²) >= 11 is 7.39. The number of carbonyl (C=O) groups is 1. The highest BCUT2D eigenvalue weighted by molar-refractivity contribution is 8.14. The molecule has 6 nitrogen and oxygen atoms in total. The number of aromatic nitrogens is 2. The van der Waals surface area contributed by atoms with Crippen LogP contribution in [0.1, 0.15) is 12.3 Å². The standard InChI is InChI=1S/C14H13ClN4O2S/c15-10-3-1-9(2-4-10)13-18-12(21-19-13)6-5-11(20)17-14-16-7-8-22-14/h1-4H,5-8H2,(H,16,17,20). The van der Waals surface area contributed by atoms with Crippen LogP contribution in [0.2, 0.25) is 5.02 Å². The molecule has 3 rings (SSSR count). The van der Waals surface area contributed by atoms with Gasteiger partial charge in [0.1, 0.15) is 0 Å². The van der Waals surface area contributed by atoms with Gasteiger partial charge in [-0.2, -0.15) is 4.98 Å². The molecule has 1 aromatic heterocycles. The van der Waals surface area contributed by atoms with Crippen molar-refractivity contribution in [3.63, 3.8) is 0 Å². The summed E-state index contributed by atoms with van der Waals surface area (Å²) in [5.41, 5.74) is 0.820. The minimum atomic E-state index is -0.0978. The number of benzene rings is 1. The zero-order valence-corrected chi connectivity index (χ0v) is 13.2. The van der Waals surface area contributed by atoms with Gasteiger partial charge in [-0.05, 0) is 24.3 Å². The summed E-state index contributed by atoms with van der Waals surface area (Å²) in [5, 5.41) is 8.01. The van der Waals surface area contributed by atoms with Crippen LogP contribution in [0.25, 0.3) is 11.4 Å². The van der Waals surface area contributed by atoms with E-state index in [4.69, 9.17) is 16.1 Å². The van der Waals surface area contributed by atoms with Crippen molar-refractivity contribution >= 4 is 34.4 Å². The highest BCUT2D eigenvalue weighted by Crippen LogP contribution is 2.19. The van der Waals surface area contributed by atoms with Crippen LogP contribution in [0.3, 0.4) is 0 Å². The number of thioether (sulfide) groups is 1. The molecule has 1 aliphatic rings. The largest absolute Gasteiger partial charge is 0.339 e. The number of hydrogen-bond donors (Lipinski definition) is 1. The molecule has 0 unspecified atom stereocenters. The fraction of sp³-hybridized carbons (Fsp3) is 0.286. The van der Waals surface area contributed by atoms with Gasteiger partial charge in [0.05, 0.1) is 6.54 Å². The lowest BCUT2D eigenvalue weighted by atomic mass is 10.2. The number of hydrogen-bond acceptors (Lipinski definition) is 6. The maximum Gasteiger partial charge on any atom is 0.227 e. The lowest BCUT2D eigenvalue weighted by Gasteiger charge is -2.01. The highest BCUT2D eigenvalue weighted by Gasteiger charge is 2.13. The lowest BCUT2D eigenvalue weighted by molar-refractivity contribution is -0.119. The van der Waals surface area contributed by atoms with Crippen molar-refractivity contribution in [1.82, 2.24) is 15.5 Å². The molecule has 1 aliphatic heterocycles. The monoisotopic (exact) mass is 336 g/mol. The minimum Gasteiger partial charge on any atom is -0.339 e. The topological polar surface area (TPSA) is 80.4 Å². The summed E-state index contributed by atoms with van der Waals surface area (Å²) in [4.78, 5) is 20.2. The fourth-order valence-electron chi connectivity index (χ4n) is 1.89. The Morgan fingerprint density at radius 3 is 2.91 bits per heavy atom. The summed E-state index contributed by atoms with van der Waals surface area (Å²) in [6.45, 7) is 0.758. The molecular formula is C14H13ClN4O2S. The van der Waals surface area contributed by atoms with E-state index in [-0.39, 0.29) is 12.3 Å². The molecule has 0 spiro atoms. The van der Waals surface area contributed by atoms with E-state index in [1.807, 2.05) is 12.1 Å². The number of nitrogens with zero attached hydrogens (tertiary/aromatic N) is 3. The van der Waals surface area contributed by atoms with E-state index in [0.29, 0.717) is 28.3 Å². The van der Waals surface area contributed by atoms with E-state index in [2.05, 4.69) is 20.4 Å². The zero-order chi connectivity index (χ0) is 15.4. The smallest absolute Gasteiger partial charge is 0.227 e. The molecular weight excluding hydrogens is 324 g/mol. The SMILES string of the molecule is O=C(CCc1nc(-c2ccc(Cl)cc2)no1)NC1=NCCS1. The Hall–Kier alpha value is -1.86. The molecule has 8 heteroatoms. The van der Waals surface area contributed by atoms with E-state index < -0.39 is 0 Å². The summed E-state index contributed by atoms with van der Waals surface area (Å²) < 4.78 is 5.16. The van der Waals surface area contributed by atoms with Gasteiger partial charge in [-0.15, -0.1) is 0 Å². The third-order valence-electron chi connectivity index (χ3n) is 2.97. The Morgan fingerprint density at radius 2 is 2.18 bits per heavy atom. The molecule has 114 valence electrons. The Bertz CT molecular complexity index is 699. The maximum atomic E-state index is 11.8. The van der Waals surface area contributed by atoms with Gasteiger partial charge >= 0.3 is 0 Å². The Labute approximate surface area is 136 Å². The highest BCUT2D eigenvalue weighted by atomic mass is 35.5. The minimum absolute atomic E-state index is 0.0978. The lowest BCUT2D eigenvalue weighted by Crippen LogP contribution is -2.27. The van der Waals surface area contributed by atoms with Gasteiger partial charge in [-0.1, -0.05) is 28.5 Å². The van der Waals surface area contributed by atoms with Crippen molar-refractivity contribution in [2.75, 3.05) is 12.3 Å². The van der Waals surface area contributed by atoms with E-state index in [1.54, 1.807) is 23.9 Å². The van der Waals surface area contributed by atoms with Crippen molar-refractivity contribution in [3.05, 3.63) is 35.2 Å². The number of amides is 1. The molecule has 22 heavy (non-hydrogen) atoms. The summed E-state index contributed by atoms with van der Waals surface area (Å²) in [7, 11) is 0. The van der Waals surface area contributed by atoms with Crippen LogP contribution < -0.4 is 5.32 Å². The number of nitrogens with one attached hydrogen (secondary N) is 1. The molecule has 0 saturated carbocycles. The average Bonchev–Trinajstić information content (AvgIpc) is 3.17. The van der Waals surface area contributed by atoms with E-state index in [0.717, 1.165) is 17.9 Å². The van der Waals surface area contributed by atoms with Crippen molar-refractivity contribution in [2.24, 2.45) is 4.99 Å². The van der Waals surface area contributed by atoms with Crippen LogP contribution in [0.4, 0.5) is 0 Å². The van der Waals surface area contributed by atoms with Crippen LogP contribution in [0.15, 0.2) is 33.8 Å². The molecule has 1 aromatic carbocycles.